The molecule has 1 unspecified atom stereocenters. The van der Waals surface area contributed by atoms with Crippen LogP contribution >= 0.6 is 0 Å². The van der Waals surface area contributed by atoms with Crippen LogP contribution < -0.4 is 4.74 Å². The van der Waals surface area contributed by atoms with Gasteiger partial charge in [-0.2, -0.15) is 0 Å². The lowest BCUT2D eigenvalue weighted by atomic mass is 10.4. The lowest BCUT2D eigenvalue weighted by molar-refractivity contribution is -0.133. The number of methoxy groups -OCH3 is 1. The number of carboxylic acid groups (broad SMARTS) is 1. The maximum atomic E-state index is 11.3. The molecule has 0 aliphatic heterocycles. The van der Waals surface area contributed by atoms with E-state index in [1.165, 1.54) is 7.11 Å². The molecule has 1 aromatic heterocycles. The summed E-state index contributed by atoms with van der Waals surface area (Å²) < 4.78 is 16.2. The van der Waals surface area contributed by atoms with Crippen molar-refractivity contribution >= 4 is 16.8 Å². The first kappa shape index (κ1) is 11.6. The Morgan fingerprint density at radius 2 is 2.33 bits per heavy atom. The second-order valence-electron chi connectivity index (χ2n) is 2.79. The summed E-state index contributed by atoms with van der Waals surface area (Å²) in [5.41, 5.74) is 0.564. The summed E-state index contributed by atoms with van der Waals surface area (Å²) in [7, 11) is 0.0575. The number of pyridine rings is 1. The molecule has 1 N–H and O–H groups in total. The molecule has 0 fully saturated rings. The molecule has 15 heavy (non-hydrogen) atoms. The average molecular weight is 229 g/mol. The van der Waals surface area contributed by atoms with Crippen LogP contribution in [-0.2, 0) is 21.3 Å². The fourth-order valence-corrected chi connectivity index (χ4v) is 1.87. The van der Waals surface area contributed by atoms with E-state index in [1.807, 2.05) is 0 Å². The van der Waals surface area contributed by atoms with Gasteiger partial charge in [0.1, 0.15) is 5.75 Å². The van der Waals surface area contributed by atoms with Crippen molar-refractivity contribution in [2.45, 2.75) is 5.75 Å². The highest BCUT2D eigenvalue weighted by Crippen LogP contribution is 2.08. The number of carboxylic acids is 1. The Morgan fingerprint density at radius 1 is 1.60 bits per heavy atom. The van der Waals surface area contributed by atoms with E-state index in [2.05, 4.69) is 4.98 Å². The van der Waals surface area contributed by atoms with Crippen LogP contribution in [0.2, 0.25) is 0 Å². The number of nitrogens with zero attached hydrogens (tertiary/aromatic N) is 1. The smallest absolute Gasteiger partial charge is 0.316 e. The van der Waals surface area contributed by atoms with Crippen LogP contribution in [0.25, 0.3) is 0 Å². The third-order valence-corrected chi connectivity index (χ3v) is 2.77. The Labute approximate surface area is 89.6 Å². The molecule has 0 radical (unpaired) electrons. The minimum atomic E-state index is -1.43. The predicted molar refractivity (Wildman–Crippen MR) is 55.1 cm³/mol. The van der Waals surface area contributed by atoms with E-state index < -0.39 is 16.8 Å². The maximum absolute atomic E-state index is 11.3. The zero-order chi connectivity index (χ0) is 11.3. The number of rotatable bonds is 5. The summed E-state index contributed by atoms with van der Waals surface area (Å²) in [5, 5.41) is 8.42. The van der Waals surface area contributed by atoms with Gasteiger partial charge in [-0.15, -0.1) is 0 Å². The fraction of sp³-hybridized carbons (Fsp3) is 0.333. The molecule has 1 rings (SSSR count). The zero-order valence-corrected chi connectivity index (χ0v) is 8.99. The standard InChI is InChI=1S/C9H11NO4S/c1-14-8-4-2-3-7(10-8)5-15(13)6-9(11)12/h2-4H,5-6H2,1H3,(H,11,12). The van der Waals surface area contributed by atoms with Gasteiger partial charge in [-0.3, -0.25) is 9.00 Å². The van der Waals surface area contributed by atoms with Gasteiger partial charge in [-0.1, -0.05) is 6.07 Å². The van der Waals surface area contributed by atoms with E-state index >= 15 is 0 Å². The molecular weight excluding hydrogens is 218 g/mol. The normalized spacial score (nSPS) is 12.1. The van der Waals surface area contributed by atoms with Gasteiger partial charge in [0.15, 0.2) is 0 Å². The van der Waals surface area contributed by atoms with E-state index in [0.29, 0.717) is 11.6 Å². The van der Waals surface area contributed by atoms with Crippen molar-refractivity contribution in [1.29, 1.82) is 0 Å². The van der Waals surface area contributed by atoms with Crippen molar-refractivity contribution in [3.63, 3.8) is 0 Å². The van der Waals surface area contributed by atoms with Gasteiger partial charge in [-0.25, -0.2) is 4.98 Å². The molecule has 1 aromatic rings. The Morgan fingerprint density at radius 3 is 2.93 bits per heavy atom. The molecule has 6 heteroatoms. The second kappa shape index (κ2) is 5.45. The van der Waals surface area contributed by atoms with Crippen molar-refractivity contribution in [3.8, 4) is 5.88 Å². The molecule has 5 nitrogen and oxygen atoms in total. The Kier molecular flexibility index (Phi) is 4.23. The molecule has 0 saturated heterocycles. The highest BCUT2D eigenvalue weighted by Gasteiger charge is 2.08. The van der Waals surface area contributed by atoms with Gasteiger partial charge in [0.2, 0.25) is 5.88 Å². The van der Waals surface area contributed by atoms with E-state index in [0.717, 1.165) is 0 Å². The third kappa shape index (κ3) is 4.07. The van der Waals surface area contributed by atoms with Crippen LogP contribution in [0.5, 0.6) is 5.88 Å². The minimum absolute atomic E-state index is 0.128. The maximum Gasteiger partial charge on any atom is 0.316 e. The lowest BCUT2D eigenvalue weighted by Gasteiger charge is -2.02. The highest BCUT2D eigenvalue weighted by molar-refractivity contribution is 7.84. The van der Waals surface area contributed by atoms with Crippen LogP contribution in [0.4, 0.5) is 0 Å². The van der Waals surface area contributed by atoms with Gasteiger partial charge in [0, 0.05) is 16.9 Å². The van der Waals surface area contributed by atoms with Crippen molar-refractivity contribution in [2.24, 2.45) is 0 Å². The molecule has 0 bridgehead atoms. The summed E-state index contributed by atoms with van der Waals surface area (Å²) in [5.74, 6) is -0.876. The van der Waals surface area contributed by atoms with Crippen molar-refractivity contribution < 1.29 is 18.8 Å². The van der Waals surface area contributed by atoms with Gasteiger partial charge >= 0.3 is 5.97 Å². The number of hydrogen-bond donors (Lipinski definition) is 1. The average Bonchev–Trinajstić information content (AvgIpc) is 2.16. The Balaban J connectivity index is 2.63. The lowest BCUT2D eigenvalue weighted by Crippen LogP contribution is -2.11. The first-order valence-electron chi connectivity index (χ1n) is 4.18. The largest absolute Gasteiger partial charge is 0.481 e. The SMILES string of the molecule is COc1cccc(CS(=O)CC(=O)O)n1. The molecular formula is C9H11NO4S. The molecule has 1 heterocycles. The van der Waals surface area contributed by atoms with Gasteiger partial charge in [0.25, 0.3) is 0 Å². The number of hydrogen-bond acceptors (Lipinski definition) is 4. The summed E-state index contributed by atoms with van der Waals surface area (Å²) >= 11 is 0. The summed E-state index contributed by atoms with van der Waals surface area (Å²) in [4.78, 5) is 14.3. The Hall–Kier alpha value is -1.43. The van der Waals surface area contributed by atoms with Crippen LogP contribution in [0.3, 0.4) is 0 Å². The molecule has 0 amide bonds. The van der Waals surface area contributed by atoms with Crippen LogP contribution in [0.15, 0.2) is 18.2 Å². The fourth-order valence-electron chi connectivity index (χ4n) is 1.01. The predicted octanol–water partition coefficient (Wildman–Crippen LogP) is 0.423. The van der Waals surface area contributed by atoms with E-state index in [4.69, 9.17) is 9.84 Å². The van der Waals surface area contributed by atoms with Crippen LogP contribution in [0, 0.1) is 0 Å². The van der Waals surface area contributed by atoms with Gasteiger partial charge in [0.05, 0.1) is 18.6 Å². The number of aromatic nitrogens is 1. The molecule has 0 spiro atoms. The molecule has 82 valence electrons. The molecule has 1 atom stereocenters. The first-order chi connectivity index (χ1) is 7.11. The van der Waals surface area contributed by atoms with E-state index in [1.54, 1.807) is 18.2 Å². The second-order valence-corrected chi connectivity index (χ2v) is 4.25. The summed E-state index contributed by atoms with van der Waals surface area (Å²) in [6.45, 7) is 0. The topological polar surface area (TPSA) is 76.5 Å². The zero-order valence-electron chi connectivity index (χ0n) is 8.17. The van der Waals surface area contributed by atoms with Gasteiger partial charge in [-0.05, 0) is 6.07 Å². The van der Waals surface area contributed by atoms with E-state index in [-0.39, 0.29) is 11.5 Å². The number of aliphatic carboxylic acids is 1. The Bertz CT molecular complexity index is 380. The molecule has 0 aromatic carbocycles. The highest BCUT2D eigenvalue weighted by atomic mass is 32.2. The molecule has 0 aliphatic carbocycles. The number of carbonyl (C=O) groups is 1. The van der Waals surface area contributed by atoms with Crippen molar-refractivity contribution in [2.75, 3.05) is 12.9 Å². The van der Waals surface area contributed by atoms with Crippen molar-refractivity contribution in [3.05, 3.63) is 23.9 Å². The third-order valence-electron chi connectivity index (χ3n) is 1.58. The molecule has 0 saturated carbocycles. The van der Waals surface area contributed by atoms with Crippen LogP contribution in [-0.4, -0.2) is 33.1 Å². The summed E-state index contributed by atoms with van der Waals surface area (Å²) in [6.07, 6.45) is 0. The van der Waals surface area contributed by atoms with Gasteiger partial charge < -0.3 is 9.84 Å². The summed E-state index contributed by atoms with van der Waals surface area (Å²) in [6, 6.07) is 5.07. The molecule has 0 aliphatic rings. The monoisotopic (exact) mass is 229 g/mol. The quantitative estimate of drug-likeness (QED) is 0.792. The van der Waals surface area contributed by atoms with Crippen molar-refractivity contribution in [1.82, 2.24) is 4.98 Å². The number of ether oxygens (including phenoxy) is 1. The first-order valence-corrected chi connectivity index (χ1v) is 5.67. The minimum Gasteiger partial charge on any atom is -0.481 e. The van der Waals surface area contributed by atoms with E-state index in [9.17, 15) is 9.00 Å². The van der Waals surface area contributed by atoms with Crippen LogP contribution in [0.1, 0.15) is 5.69 Å².